The largest absolute Gasteiger partial charge is 0.490 e. The van der Waals surface area contributed by atoms with Crippen molar-refractivity contribution in [3.63, 3.8) is 0 Å². The monoisotopic (exact) mass is 566 g/mol. The first-order valence-electron chi connectivity index (χ1n) is 10.2. The third-order valence-corrected chi connectivity index (χ3v) is 6.24. The number of carbonyl (C=O) groups is 4. The predicted molar refractivity (Wildman–Crippen MR) is 130 cm³/mol. The lowest BCUT2D eigenvalue weighted by Crippen LogP contribution is -2.27. The Morgan fingerprint density at radius 3 is 2.14 bits per heavy atom. The van der Waals surface area contributed by atoms with Crippen molar-refractivity contribution >= 4 is 51.0 Å². The first kappa shape index (κ1) is 31.6. The lowest BCUT2D eigenvalue weighted by atomic mass is 10.2. The van der Waals surface area contributed by atoms with Gasteiger partial charge in [0.2, 0.25) is 0 Å². The van der Waals surface area contributed by atoms with Crippen molar-refractivity contribution in [2.75, 3.05) is 30.0 Å². The molecular formula is C22H22F4N2O7S2. The quantitative estimate of drug-likeness (QED) is 0.170. The normalized spacial score (nSPS) is 10.5. The van der Waals surface area contributed by atoms with E-state index < -0.39 is 29.8 Å². The fraction of sp³-hybridized carbons (Fsp3) is 0.273. The molecule has 0 saturated heterocycles. The minimum Gasteiger partial charge on any atom is -0.483 e. The van der Waals surface area contributed by atoms with Crippen LogP contribution in [0.4, 0.5) is 23.2 Å². The molecule has 2 aromatic rings. The molecule has 0 aliphatic carbocycles. The maximum Gasteiger partial charge on any atom is 0.490 e. The van der Waals surface area contributed by atoms with Crippen molar-refractivity contribution < 1.29 is 51.7 Å². The smallest absolute Gasteiger partial charge is 0.483 e. The van der Waals surface area contributed by atoms with E-state index in [0.717, 1.165) is 0 Å². The molecule has 2 aromatic carbocycles. The zero-order chi connectivity index (χ0) is 27.8. The van der Waals surface area contributed by atoms with E-state index in [0.29, 0.717) is 18.1 Å². The van der Waals surface area contributed by atoms with Gasteiger partial charge in [-0.3, -0.25) is 14.4 Å². The summed E-state index contributed by atoms with van der Waals surface area (Å²) in [6.45, 7) is 0.0143. The Balaban J connectivity index is 0.000000856. The van der Waals surface area contributed by atoms with Gasteiger partial charge >= 0.3 is 18.1 Å². The molecule has 0 fully saturated rings. The fourth-order valence-corrected chi connectivity index (χ4v) is 4.11. The number of anilines is 1. The van der Waals surface area contributed by atoms with Gasteiger partial charge in [0.25, 0.3) is 11.8 Å². The van der Waals surface area contributed by atoms with E-state index in [1.54, 1.807) is 30.3 Å². The highest BCUT2D eigenvalue weighted by Crippen LogP contribution is 2.22. The molecule has 0 aliphatic rings. The van der Waals surface area contributed by atoms with E-state index in [1.807, 2.05) is 0 Å². The van der Waals surface area contributed by atoms with Gasteiger partial charge in [-0.25, -0.2) is 9.18 Å². The summed E-state index contributed by atoms with van der Waals surface area (Å²) in [7, 11) is 2.91. The van der Waals surface area contributed by atoms with Gasteiger partial charge in [0.15, 0.2) is 6.61 Å². The van der Waals surface area contributed by atoms with Gasteiger partial charge in [-0.2, -0.15) is 13.2 Å². The summed E-state index contributed by atoms with van der Waals surface area (Å²) in [6, 6.07) is 12.3. The number of alkyl halides is 3. The molecule has 0 spiro atoms. The Morgan fingerprint density at radius 1 is 0.919 bits per heavy atom. The number of carboxylic acids is 2. The molecule has 0 saturated carbocycles. The molecule has 0 aromatic heterocycles. The lowest BCUT2D eigenvalue weighted by molar-refractivity contribution is -0.192. The van der Waals surface area contributed by atoms with Crippen LogP contribution in [0.15, 0.2) is 48.5 Å². The zero-order valence-corrected chi connectivity index (χ0v) is 20.6. The second-order valence-corrected chi connectivity index (χ2v) is 9.36. The summed E-state index contributed by atoms with van der Waals surface area (Å²) in [6.07, 6.45) is -4.99. The number of carboxylic acid groups (broad SMARTS) is 2. The zero-order valence-electron chi connectivity index (χ0n) is 18.9. The number of benzene rings is 2. The second kappa shape index (κ2) is 16.3. The molecule has 9 nitrogen and oxygen atoms in total. The number of carbonyl (C=O) groups excluding carboxylic acids is 2. The predicted octanol–water partition coefficient (Wildman–Crippen LogP) is 4.06. The number of rotatable bonds is 12. The van der Waals surface area contributed by atoms with Crippen LogP contribution >= 0.6 is 21.6 Å². The Bertz CT molecular complexity index is 1070. The number of halogens is 4. The van der Waals surface area contributed by atoms with Crippen LogP contribution in [0.5, 0.6) is 5.75 Å². The van der Waals surface area contributed by atoms with Crippen molar-refractivity contribution in [3.05, 3.63) is 59.9 Å². The lowest BCUT2D eigenvalue weighted by Gasteiger charge is -2.12. The van der Waals surface area contributed by atoms with Gasteiger partial charge < -0.3 is 25.6 Å². The first-order chi connectivity index (χ1) is 17.4. The van der Waals surface area contributed by atoms with E-state index >= 15 is 0 Å². The number of hydrogen-bond acceptors (Lipinski definition) is 7. The summed E-state index contributed by atoms with van der Waals surface area (Å²) in [5, 5.41) is 20.9. The number of para-hydroxylation sites is 2. The molecule has 0 heterocycles. The molecule has 0 atom stereocenters. The van der Waals surface area contributed by atoms with Crippen molar-refractivity contribution in [2.45, 2.75) is 12.6 Å². The molecule has 37 heavy (non-hydrogen) atoms. The standard InChI is InChI=1S/C20H21FN2O5S2.C2HF3O2/c21-15-6-2-3-7-16(15)23-18(24)13-28-17-8-4-1-5-14(17)20(27)22-10-12-30-29-11-9-19(25)26;3-2(4,5)1(6)7/h1-8H,9-13H2,(H,22,27)(H,23,24)(H,25,26);(H,6,7). The molecule has 0 unspecified atom stereocenters. The van der Waals surface area contributed by atoms with Crippen LogP contribution in [-0.2, 0) is 14.4 Å². The van der Waals surface area contributed by atoms with Crippen molar-refractivity contribution in [3.8, 4) is 5.75 Å². The molecule has 15 heteroatoms. The van der Waals surface area contributed by atoms with Crippen molar-refractivity contribution in [1.82, 2.24) is 5.32 Å². The highest BCUT2D eigenvalue weighted by atomic mass is 33.1. The van der Waals surface area contributed by atoms with Crippen LogP contribution in [-0.4, -0.2) is 64.8 Å². The van der Waals surface area contributed by atoms with Gasteiger partial charge in [0.05, 0.1) is 17.7 Å². The van der Waals surface area contributed by atoms with E-state index in [2.05, 4.69) is 10.6 Å². The van der Waals surface area contributed by atoms with Crippen LogP contribution in [0.25, 0.3) is 0 Å². The molecule has 4 N–H and O–H groups in total. The van der Waals surface area contributed by atoms with Crippen LogP contribution < -0.4 is 15.4 Å². The van der Waals surface area contributed by atoms with Gasteiger partial charge in [-0.15, -0.1) is 0 Å². The Kier molecular flexibility index (Phi) is 13.9. The first-order valence-corrected chi connectivity index (χ1v) is 12.7. The van der Waals surface area contributed by atoms with E-state index in [9.17, 15) is 31.9 Å². The van der Waals surface area contributed by atoms with Crippen molar-refractivity contribution in [2.24, 2.45) is 0 Å². The van der Waals surface area contributed by atoms with Crippen LogP contribution in [0, 0.1) is 5.82 Å². The van der Waals surface area contributed by atoms with E-state index in [4.69, 9.17) is 19.7 Å². The average molecular weight is 567 g/mol. The topological polar surface area (TPSA) is 142 Å². The highest BCUT2D eigenvalue weighted by molar-refractivity contribution is 8.76. The SMILES string of the molecule is O=C(O)C(F)(F)F.O=C(O)CCSSCCNC(=O)c1ccccc1OCC(=O)Nc1ccccc1F. The van der Waals surface area contributed by atoms with Gasteiger partial charge in [-0.1, -0.05) is 45.9 Å². The van der Waals surface area contributed by atoms with Crippen LogP contribution in [0.1, 0.15) is 16.8 Å². The van der Waals surface area contributed by atoms with Gasteiger partial charge in [-0.05, 0) is 24.3 Å². The summed E-state index contributed by atoms with van der Waals surface area (Å²) in [5.74, 6) is -3.69. The molecule has 202 valence electrons. The Morgan fingerprint density at radius 2 is 1.51 bits per heavy atom. The van der Waals surface area contributed by atoms with E-state index in [1.165, 1.54) is 39.8 Å². The van der Waals surface area contributed by atoms with Gasteiger partial charge in [0.1, 0.15) is 11.6 Å². The maximum atomic E-state index is 13.6. The maximum absolute atomic E-state index is 13.6. The van der Waals surface area contributed by atoms with E-state index in [-0.39, 0.29) is 35.9 Å². The number of hydrogen-bond donors (Lipinski definition) is 4. The average Bonchev–Trinajstić information content (AvgIpc) is 2.83. The summed E-state index contributed by atoms with van der Waals surface area (Å²) in [4.78, 5) is 43.7. The minimum atomic E-state index is -5.08. The highest BCUT2D eigenvalue weighted by Gasteiger charge is 2.38. The molecular weight excluding hydrogens is 544 g/mol. The number of aliphatic carboxylic acids is 2. The summed E-state index contributed by atoms with van der Waals surface area (Å²) < 4.78 is 50.8. The minimum absolute atomic E-state index is 0.0517. The molecule has 2 amide bonds. The molecule has 0 aliphatic heterocycles. The number of nitrogens with one attached hydrogen (secondary N) is 2. The Hall–Kier alpha value is -3.46. The fourth-order valence-electron chi connectivity index (χ4n) is 2.22. The van der Waals surface area contributed by atoms with Crippen LogP contribution in [0.3, 0.4) is 0 Å². The third kappa shape index (κ3) is 13.4. The summed E-state index contributed by atoms with van der Waals surface area (Å²) in [5.41, 5.74) is 0.329. The number of amides is 2. The van der Waals surface area contributed by atoms with Crippen LogP contribution in [0.2, 0.25) is 0 Å². The van der Waals surface area contributed by atoms with Gasteiger partial charge in [0, 0.05) is 18.1 Å². The third-order valence-electron chi connectivity index (χ3n) is 3.83. The molecule has 0 bridgehead atoms. The summed E-state index contributed by atoms with van der Waals surface area (Å²) >= 11 is 0. The van der Waals surface area contributed by atoms with Crippen molar-refractivity contribution in [1.29, 1.82) is 0 Å². The number of ether oxygens (including phenoxy) is 1. The second-order valence-electron chi connectivity index (χ2n) is 6.66. The molecule has 0 radical (unpaired) electrons. The molecule has 2 rings (SSSR count). The Labute approximate surface area is 216 Å².